The van der Waals surface area contributed by atoms with Gasteiger partial charge in [-0.15, -0.1) is 0 Å². The summed E-state index contributed by atoms with van der Waals surface area (Å²) in [5, 5.41) is 0. The number of fused-ring (bicyclic) bond motifs is 8. The largest absolute Gasteiger partial charge is 0.453 e. The van der Waals surface area contributed by atoms with Gasteiger partial charge < -0.3 is 18.0 Å². The molecule has 2 aromatic heterocycles. The Balaban J connectivity index is 1.18. The van der Waals surface area contributed by atoms with E-state index in [1.54, 1.807) is 36.4 Å². The number of hydrogen-bond acceptors (Lipinski definition) is 8. The van der Waals surface area contributed by atoms with Gasteiger partial charge in [0.15, 0.2) is 22.3 Å². The molecular weight excluding hydrogens is 757 g/mol. The molecule has 4 heterocycles. The SMILES string of the molecule is O=S1(=O)c2ccccc2Sc2ccc(-n3c4ccccc4oc4cc5c(cc43)oc3ccccc3n5-c3ccc4c(c3)S(=O)(=O)c3ccccc3S4)cc21. The molecule has 0 amide bonds. The zero-order valence-corrected chi connectivity index (χ0v) is 31.1. The van der Waals surface area contributed by atoms with E-state index in [4.69, 9.17) is 8.83 Å². The first kappa shape index (κ1) is 31.8. The first-order valence-electron chi connectivity index (χ1n) is 16.9. The highest BCUT2D eigenvalue weighted by Gasteiger charge is 2.32. The van der Waals surface area contributed by atoms with Gasteiger partial charge in [0.05, 0.1) is 41.6 Å². The lowest BCUT2D eigenvalue weighted by Crippen LogP contribution is -2.11. The summed E-state index contributed by atoms with van der Waals surface area (Å²) in [5.74, 6) is 0. The van der Waals surface area contributed by atoms with E-state index in [0.717, 1.165) is 11.0 Å². The molecule has 0 aliphatic carbocycles. The third-order valence-electron chi connectivity index (χ3n) is 9.84. The zero-order valence-electron chi connectivity index (χ0n) is 27.8. The summed E-state index contributed by atoms with van der Waals surface area (Å²) < 4.78 is 73.0. The third kappa shape index (κ3) is 4.57. The fourth-order valence-corrected chi connectivity index (χ4v) is 13.8. The minimum atomic E-state index is -3.79. The smallest absolute Gasteiger partial charge is 0.208 e. The normalized spacial score (nSPS) is 15.1. The van der Waals surface area contributed by atoms with Gasteiger partial charge in [-0.25, -0.2) is 16.8 Å². The molecule has 0 saturated carbocycles. The molecule has 0 fully saturated rings. The highest BCUT2D eigenvalue weighted by atomic mass is 32.2. The molecule has 2 aliphatic rings. The number of hydrogen-bond donors (Lipinski definition) is 0. The first-order valence-corrected chi connectivity index (χ1v) is 21.5. The second kappa shape index (κ2) is 11.4. The van der Waals surface area contributed by atoms with Crippen LogP contribution in [0.1, 0.15) is 0 Å². The molecule has 54 heavy (non-hydrogen) atoms. The molecule has 0 saturated heterocycles. The van der Waals surface area contributed by atoms with Gasteiger partial charge >= 0.3 is 0 Å². The van der Waals surface area contributed by atoms with Crippen molar-refractivity contribution in [1.29, 1.82) is 0 Å². The van der Waals surface area contributed by atoms with E-state index in [9.17, 15) is 16.8 Å². The van der Waals surface area contributed by atoms with Crippen LogP contribution in [-0.4, -0.2) is 26.0 Å². The maximum atomic E-state index is 14.0. The van der Waals surface area contributed by atoms with Crippen molar-refractivity contribution in [3.8, 4) is 11.4 Å². The Morgan fingerprint density at radius 3 is 1.22 bits per heavy atom. The molecule has 0 unspecified atom stereocenters. The van der Waals surface area contributed by atoms with E-state index in [-0.39, 0.29) is 9.79 Å². The maximum absolute atomic E-state index is 14.0. The van der Waals surface area contributed by atoms with Crippen LogP contribution < -0.4 is 0 Å². The molecule has 12 heteroatoms. The fourth-order valence-electron chi connectivity index (χ4n) is 7.41. The molecule has 11 rings (SSSR count). The Morgan fingerprint density at radius 1 is 0.370 bits per heavy atom. The van der Waals surface area contributed by atoms with Crippen molar-refractivity contribution in [3.05, 3.63) is 146 Å². The summed E-state index contributed by atoms with van der Waals surface area (Å²) in [4.78, 5) is 3.80. The van der Waals surface area contributed by atoms with Gasteiger partial charge in [0.2, 0.25) is 19.7 Å². The van der Waals surface area contributed by atoms with Crippen molar-refractivity contribution in [1.82, 2.24) is 9.13 Å². The lowest BCUT2D eigenvalue weighted by molar-refractivity contribution is 0.589. The van der Waals surface area contributed by atoms with Gasteiger partial charge in [-0.3, -0.25) is 0 Å². The molecule has 0 bridgehead atoms. The molecule has 8 nitrogen and oxygen atoms in total. The Morgan fingerprint density at radius 2 is 0.759 bits per heavy atom. The van der Waals surface area contributed by atoms with Crippen LogP contribution in [0.15, 0.2) is 194 Å². The predicted molar refractivity (Wildman–Crippen MR) is 209 cm³/mol. The Labute approximate surface area is 316 Å². The Bertz CT molecular complexity index is 3160. The second-order valence-electron chi connectivity index (χ2n) is 13.0. The highest BCUT2D eigenvalue weighted by molar-refractivity contribution is 8.02. The van der Waals surface area contributed by atoms with Crippen LogP contribution in [0.2, 0.25) is 0 Å². The van der Waals surface area contributed by atoms with E-state index in [0.29, 0.717) is 74.1 Å². The van der Waals surface area contributed by atoms with Crippen molar-refractivity contribution in [2.75, 3.05) is 0 Å². The van der Waals surface area contributed by atoms with E-state index >= 15 is 0 Å². The first-order chi connectivity index (χ1) is 26.3. The Kier molecular flexibility index (Phi) is 6.73. The summed E-state index contributed by atoms with van der Waals surface area (Å²) in [7, 11) is -7.58. The van der Waals surface area contributed by atoms with Crippen molar-refractivity contribution < 1.29 is 25.7 Å². The van der Waals surface area contributed by atoms with Crippen LogP contribution in [0.3, 0.4) is 0 Å². The molecule has 9 aromatic rings. The monoisotopic (exact) mass is 780 g/mol. The third-order valence-corrected chi connectivity index (χ3v) is 16.4. The molecule has 262 valence electrons. The fraction of sp³-hybridized carbons (Fsp3) is 0. The van der Waals surface area contributed by atoms with E-state index in [1.807, 2.05) is 118 Å². The van der Waals surface area contributed by atoms with E-state index < -0.39 is 19.7 Å². The van der Waals surface area contributed by atoms with Gasteiger partial charge in [-0.1, -0.05) is 72.1 Å². The van der Waals surface area contributed by atoms with Crippen LogP contribution in [0.4, 0.5) is 0 Å². The molecule has 0 spiro atoms. The van der Waals surface area contributed by atoms with Crippen molar-refractivity contribution in [2.24, 2.45) is 0 Å². The van der Waals surface area contributed by atoms with Gasteiger partial charge in [0.1, 0.15) is 0 Å². The number of para-hydroxylation sites is 4. The standard InChI is InChI=1S/C42H24N2O6S4/c45-53(46)39-15-7-5-13-35(39)51-37-19-17-25(21-41(37)53)43-27-9-1-3-11-31(27)49-33-24-30-34(23-29(33)43)50-32-12-4-2-10-28(32)44(30)26-18-20-38-42(22-26)54(47,48)40-16-8-6-14-36(40)52-38/h1-24H. The number of nitrogens with zero attached hydrogens (tertiary/aromatic N) is 2. The molecule has 2 aliphatic heterocycles. The van der Waals surface area contributed by atoms with Crippen LogP contribution >= 0.6 is 23.5 Å². The molecule has 0 atom stereocenters. The Hall–Kier alpha value is -5.66. The van der Waals surface area contributed by atoms with E-state index in [1.165, 1.54) is 23.5 Å². The summed E-state index contributed by atoms with van der Waals surface area (Å²) in [6.07, 6.45) is 0. The van der Waals surface area contributed by atoms with Crippen molar-refractivity contribution >= 4 is 87.6 Å². The van der Waals surface area contributed by atoms with Crippen LogP contribution in [0.5, 0.6) is 0 Å². The average Bonchev–Trinajstić information content (AvgIpc) is 3.18. The number of rotatable bonds is 2. The lowest BCUT2D eigenvalue weighted by atomic mass is 10.2. The van der Waals surface area contributed by atoms with Gasteiger partial charge in [-0.05, 0) is 84.9 Å². The minimum absolute atomic E-state index is 0.242. The van der Waals surface area contributed by atoms with Crippen molar-refractivity contribution in [2.45, 2.75) is 39.2 Å². The van der Waals surface area contributed by atoms with Gasteiger partial charge in [-0.2, -0.15) is 0 Å². The molecule has 0 N–H and O–H groups in total. The molecule has 0 radical (unpaired) electrons. The molecule has 7 aromatic carbocycles. The second-order valence-corrected chi connectivity index (χ2v) is 18.9. The lowest BCUT2D eigenvalue weighted by Gasteiger charge is -2.22. The number of benzene rings is 7. The maximum Gasteiger partial charge on any atom is 0.208 e. The van der Waals surface area contributed by atoms with Gasteiger partial charge in [0.25, 0.3) is 0 Å². The molecular formula is C42H24N2O6S4. The summed E-state index contributed by atoms with van der Waals surface area (Å²) in [6.45, 7) is 0. The number of aromatic nitrogens is 2. The van der Waals surface area contributed by atoms with Gasteiger partial charge in [0, 0.05) is 43.1 Å². The highest BCUT2D eigenvalue weighted by Crippen LogP contribution is 2.47. The van der Waals surface area contributed by atoms with Crippen LogP contribution in [0, 0.1) is 0 Å². The van der Waals surface area contributed by atoms with E-state index in [2.05, 4.69) is 0 Å². The zero-order chi connectivity index (χ0) is 36.3. The predicted octanol–water partition coefficient (Wildman–Crippen LogP) is 10.8. The van der Waals surface area contributed by atoms with Crippen LogP contribution in [-0.2, 0) is 19.7 Å². The summed E-state index contributed by atoms with van der Waals surface area (Å²) in [5.41, 5.74) is 6.23. The number of sulfone groups is 2. The average molecular weight is 781 g/mol. The minimum Gasteiger partial charge on any atom is -0.453 e. The summed E-state index contributed by atoms with van der Waals surface area (Å²) in [6, 6.07) is 44.1. The van der Waals surface area contributed by atoms with Crippen LogP contribution in [0.25, 0.3) is 55.8 Å². The summed E-state index contributed by atoms with van der Waals surface area (Å²) >= 11 is 2.88. The topological polar surface area (TPSA) is 104 Å². The van der Waals surface area contributed by atoms with Crippen molar-refractivity contribution in [3.63, 3.8) is 0 Å². The quantitative estimate of drug-likeness (QED) is 0.160.